The zero-order valence-electron chi connectivity index (χ0n) is 15.2. The molecule has 0 aliphatic carbocycles. The number of carbonyl (C=O) groups excluding carboxylic acids is 1. The number of hydrogen-bond acceptors (Lipinski definition) is 4. The highest BCUT2D eigenvalue weighted by atomic mass is 32.2. The molecule has 2 rings (SSSR count). The Morgan fingerprint density at radius 3 is 2.38 bits per heavy atom. The molecule has 7 heteroatoms. The number of ether oxygens (including phenoxy) is 1. The highest BCUT2D eigenvalue weighted by Gasteiger charge is 2.23. The number of nitrogens with zero attached hydrogens (tertiary/aromatic N) is 1. The average molecular weight is 376 g/mol. The molecule has 1 atom stereocenters. The van der Waals surface area contributed by atoms with Crippen LogP contribution < -0.4 is 10.1 Å². The van der Waals surface area contributed by atoms with Crippen molar-refractivity contribution in [3.8, 4) is 5.75 Å². The van der Waals surface area contributed by atoms with E-state index in [2.05, 4.69) is 5.32 Å². The molecule has 0 radical (unpaired) electrons. The van der Waals surface area contributed by atoms with Crippen LogP contribution >= 0.6 is 0 Å². The minimum Gasteiger partial charge on any atom is -0.491 e. The van der Waals surface area contributed by atoms with Gasteiger partial charge in [-0.15, -0.1) is 0 Å². The Bertz CT molecular complexity index is 838. The van der Waals surface area contributed by atoms with Gasteiger partial charge in [0, 0.05) is 7.05 Å². The van der Waals surface area contributed by atoms with Crippen molar-refractivity contribution < 1.29 is 17.9 Å². The van der Waals surface area contributed by atoms with Crippen LogP contribution in [0.1, 0.15) is 12.5 Å². The van der Waals surface area contributed by atoms with Gasteiger partial charge >= 0.3 is 0 Å². The summed E-state index contributed by atoms with van der Waals surface area (Å²) >= 11 is 0. The van der Waals surface area contributed by atoms with E-state index in [0.717, 1.165) is 15.6 Å². The van der Waals surface area contributed by atoms with Crippen LogP contribution in [0.4, 0.5) is 0 Å². The van der Waals surface area contributed by atoms with Crippen molar-refractivity contribution in [3.05, 3.63) is 60.2 Å². The quantitative estimate of drug-likeness (QED) is 0.766. The van der Waals surface area contributed by atoms with Gasteiger partial charge in [0.1, 0.15) is 12.4 Å². The van der Waals surface area contributed by atoms with Crippen LogP contribution in [0.5, 0.6) is 5.75 Å². The number of hydrogen-bond donors (Lipinski definition) is 1. The van der Waals surface area contributed by atoms with Gasteiger partial charge in [-0.3, -0.25) is 4.79 Å². The number of carbonyl (C=O) groups is 1. The third-order valence-electron chi connectivity index (χ3n) is 3.81. The van der Waals surface area contributed by atoms with Crippen LogP contribution in [-0.4, -0.2) is 44.9 Å². The normalized spacial score (nSPS) is 12.6. The standard InChI is InChI=1S/C19H24N2O4S/c1-15-9-7-8-12-18(15)25-14-16(2)20-19(22)13-21(3)26(23,24)17-10-5-4-6-11-17/h4-12,16H,13-14H2,1-3H3,(H,20,22). The van der Waals surface area contributed by atoms with Gasteiger partial charge in [0.25, 0.3) is 0 Å². The number of aryl methyl sites for hydroxylation is 1. The molecular formula is C19H24N2O4S. The SMILES string of the molecule is Cc1ccccc1OCC(C)NC(=O)CN(C)S(=O)(=O)c1ccccc1. The lowest BCUT2D eigenvalue weighted by molar-refractivity contribution is -0.121. The van der Waals surface area contributed by atoms with Gasteiger partial charge < -0.3 is 10.1 Å². The van der Waals surface area contributed by atoms with Crippen molar-refractivity contribution in [3.63, 3.8) is 0 Å². The molecule has 0 aliphatic rings. The first kappa shape index (κ1) is 19.9. The number of nitrogens with one attached hydrogen (secondary N) is 1. The summed E-state index contributed by atoms with van der Waals surface area (Å²) in [7, 11) is -2.30. The number of rotatable bonds is 8. The molecule has 0 saturated carbocycles. The molecule has 0 saturated heterocycles. The zero-order chi connectivity index (χ0) is 19.2. The van der Waals surface area contributed by atoms with Gasteiger partial charge in [0.15, 0.2) is 0 Å². The predicted octanol–water partition coefficient (Wildman–Crippen LogP) is 2.20. The molecule has 0 bridgehead atoms. The predicted molar refractivity (Wildman–Crippen MR) is 101 cm³/mol. The topological polar surface area (TPSA) is 75.7 Å². The van der Waals surface area contributed by atoms with Crippen LogP contribution in [-0.2, 0) is 14.8 Å². The van der Waals surface area contributed by atoms with Gasteiger partial charge in [-0.25, -0.2) is 8.42 Å². The lowest BCUT2D eigenvalue weighted by Gasteiger charge is -2.19. The summed E-state index contributed by atoms with van der Waals surface area (Å²) in [5, 5.41) is 2.75. The maximum atomic E-state index is 12.4. The number of likely N-dealkylation sites (N-methyl/N-ethyl adjacent to an activating group) is 1. The van der Waals surface area contributed by atoms with Crippen LogP contribution in [0.3, 0.4) is 0 Å². The smallest absolute Gasteiger partial charge is 0.243 e. The molecule has 1 unspecified atom stereocenters. The molecule has 26 heavy (non-hydrogen) atoms. The van der Waals surface area contributed by atoms with Crippen molar-refractivity contribution in [1.29, 1.82) is 0 Å². The minimum atomic E-state index is -3.69. The Labute approximate surface area is 154 Å². The van der Waals surface area contributed by atoms with Crippen molar-refractivity contribution >= 4 is 15.9 Å². The monoisotopic (exact) mass is 376 g/mol. The zero-order valence-corrected chi connectivity index (χ0v) is 16.0. The Balaban J connectivity index is 1.86. The Hall–Kier alpha value is -2.38. The van der Waals surface area contributed by atoms with Gasteiger partial charge in [0.05, 0.1) is 17.5 Å². The highest BCUT2D eigenvalue weighted by Crippen LogP contribution is 2.16. The highest BCUT2D eigenvalue weighted by molar-refractivity contribution is 7.89. The van der Waals surface area contributed by atoms with Crippen LogP contribution in [0.2, 0.25) is 0 Å². The first-order valence-electron chi connectivity index (χ1n) is 8.30. The molecular weight excluding hydrogens is 352 g/mol. The molecule has 140 valence electrons. The lowest BCUT2D eigenvalue weighted by atomic mass is 10.2. The molecule has 6 nitrogen and oxygen atoms in total. The fraction of sp³-hybridized carbons (Fsp3) is 0.316. The molecule has 2 aromatic rings. The largest absolute Gasteiger partial charge is 0.491 e. The van der Waals surface area contributed by atoms with E-state index >= 15 is 0 Å². The number of amides is 1. The van der Waals surface area contributed by atoms with Gasteiger partial charge in [-0.1, -0.05) is 36.4 Å². The summed E-state index contributed by atoms with van der Waals surface area (Å²) in [4.78, 5) is 12.3. The molecule has 0 heterocycles. The third kappa shape index (κ3) is 5.31. The fourth-order valence-electron chi connectivity index (χ4n) is 2.35. The molecule has 0 aliphatic heterocycles. The van der Waals surface area contributed by atoms with Gasteiger partial charge in [-0.05, 0) is 37.6 Å². The van der Waals surface area contributed by atoms with Crippen molar-refractivity contribution in [2.24, 2.45) is 0 Å². The van der Waals surface area contributed by atoms with Crippen molar-refractivity contribution in [2.45, 2.75) is 24.8 Å². The maximum Gasteiger partial charge on any atom is 0.243 e. The van der Waals surface area contributed by atoms with E-state index in [-0.39, 0.29) is 23.4 Å². The van der Waals surface area contributed by atoms with E-state index in [9.17, 15) is 13.2 Å². The molecule has 1 amide bonds. The molecule has 0 fully saturated rings. The average Bonchev–Trinajstić information content (AvgIpc) is 2.61. The van der Waals surface area contributed by atoms with Crippen LogP contribution in [0.25, 0.3) is 0 Å². The summed E-state index contributed by atoms with van der Waals surface area (Å²) in [6.07, 6.45) is 0. The second kappa shape index (κ2) is 8.82. The maximum absolute atomic E-state index is 12.4. The Kier molecular flexibility index (Phi) is 6.76. The van der Waals surface area contributed by atoms with E-state index in [0.29, 0.717) is 6.61 Å². The van der Waals surface area contributed by atoms with Crippen LogP contribution in [0, 0.1) is 6.92 Å². The number of para-hydroxylation sites is 1. The number of benzene rings is 2. The second-order valence-electron chi connectivity index (χ2n) is 6.12. The first-order chi connectivity index (χ1) is 12.3. The Morgan fingerprint density at radius 2 is 1.73 bits per heavy atom. The van der Waals surface area contributed by atoms with E-state index in [4.69, 9.17) is 4.74 Å². The van der Waals surface area contributed by atoms with Crippen molar-refractivity contribution in [2.75, 3.05) is 20.2 Å². The van der Waals surface area contributed by atoms with Crippen molar-refractivity contribution in [1.82, 2.24) is 9.62 Å². The van der Waals surface area contributed by atoms with Gasteiger partial charge in [0.2, 0.25) is 15.9 Å². The number of sulfonamides is 1. The van der Waals surface area contributed by atoms with E-state index < -0.39 is 10.0 Å². The molecule has 1 N–H and O–H groups in total. The summed E-state index contributed by atoms with van der Waals surface area (Å²) in [5.41, 5.74) is 1.01. The van der Waals surface area contributed by atoms with Gasteiger partial charge in [-0.2, -0.15) is 4.31 Å². The molecule has 0 aromatic heterocycles. The summed E-state index contributed by atoms with van der Waals surface area (Å²) in [6.45, 7) is 3.79. The first-order valence-corrected chi connectivity index (χ1v) is 9.74. The van der Waals surface area contributed by atoms with E-state index in [1.54, 1.807) is 18.2 Å². The minimum absolute atomic E-state index is 0.159. The van der Waals surface area contributed by atoms with E-state index in [1.807, 2.05) is 38.1 Å². The third-order valence-corrected chi connectivity index (χ3v) is 5.63. The summed E-state index contributed by atoms with van der Waals surface area (Å²) < 4.78 is 31.6. The second-order valence-corrected chi connectivity index (χ2v) is 8.16. The molecule has 2 aromatic carbocycles. The lowest BCUT2D eigenvalue weighted by Crippen LogP contribution is -2.43. The summed E-state index contributed by atoms with van der Waals surface area (Å²) in [5.74, 6) is 0.380. The Morgan fingerprint density at radius 1 is 1.12 bits per heavy atom. The van der Waals surface area contributed by atoms with Crippen LogP contribution in [0.15, 0.2) is 59.5 Å². The molecule has 0 spiro atoms. The van der Waals surface area contributed by atoms with E-state index in [1.165, 1.54) is 19.2 Å². The fourth-order valence-corrected chi connectivity index (χ4v) is 3.50. The summed E-state index contributed by atoms with van der Waals surface area (Å²) in [6, 6.07) is 15.4.